The molecule has 2 unspecified atom stereocenters. The van der Waals surface area contributed by atoms with E-state index < -0.39 is 23.0 Å². The summed E-state index contributed by atoms with van der Waals surface area (Å²) >= 11 is 7.14. The van der Waals surface area contributed by atoms with Gasteiger partial charge in [-0.2, -0.15) is 0 Å². The second-order valence-corrected chi connectivity index (χ2v) is 10.6. The highest BCUT2D eigenvalue weighted by Crippen LogP contribution is 2.45. The van der Waals surface area contributed by atoms with E-state index in [1.807, 2.05) is 84.9 Å². The van der Waals surface area contributed by atoms with Crippen LogP contribution in [0.2, 0.25) is 0 Å². The Bertz CT molecular complexity index is 1850. The first-order valence-electron chi connectivity index (χ1n) is 14.1. The number of pyridine rings is 1. The molecule has 4 aromatic carbocycles. The minimum absolute atomic E-state index is 0.0710. The van der Waals surface area contributed by atoms with Crippen molar-refractivity contribution in [2.75, 3.05) is 5.32 Å². The SMILES string of the molecule is O=C(Nc1ccncc1[N+](=O)[O-])c1ccc(CNC2=C(Cl)C(Oc3ccccc3)c3ccccc3C2Oc2ccccc2)cc1. The summed E-state index contributed by atoms with van der Waals surface area (Å²) in [6.45, 7) is 0.373. The Labute approximate surface area is 264 Å². The zero-order chi connectivity index (χ0) is 31.2. The first-order valence-corrected chi connectivity index (χ1v) is 14.5. The van der Waals surface area contributed by atoms with Crippen LogP contribution in [0.1, 0.15) is 39.3 Å². The van der Waals surface area contributed by atoms with Gasteiger partial charge in [0.2, 0.25) is 0 Å². The van der Waals surface area contributed by atoms with Crippen LogP contribution in [0.4, 0.5) is 11.4 Å². The van der Waals surface area contributed by atoms with Crippen molar-refractivity contribution in [2.24, 2.45) is 0 Å². The molecule has 0 saturated heterocycles. The maximum atomic E-state index is 12.8. The number of para-hydroxylation sites is 2. The van der Waals surface area contributed by atoms with Gasteiger partial charge in [0.25, 0.3) is 5.91 Å². The summed E-state index contributed by atoms with van der Waals surface area (Å²) in [7, 11) is 0. The van der Waals surface area contributed by atoms with E-state index in [1.165, 1.54) is 12.3 Å². The van der Waals surface area contributed by atoms with Gasteiger partial charge in [-0.25, -0.2) is 0 Å². The third kappa shape index (κ3) is 6.63. The van der Waals surface area contributed by atoms with Crippen LogP contribution < -0.4 is 20.1 Å². The Morgan fingerprint density at radius 2 is 1.38 bits per heavy atom. The molecule has 0 spiro atoms. The molecule has 2 N–H and O–H groups in total. The zero-order valence-electron chi connectivity index (χ0n) is 23.8. The smallest absolute Gasteiger partial charge is 0.310 e. The molecule has 1 heterocycles. The van der Waals surface area contributed by atoms with Crippen molar-refractivity contribution in [1.82, 2.24) is 10.3 Å². The largest absolute Gasteiger partial charge is 0.480 e. The number of halogens is 1. The summed E-state index contributed by atoms with van der Waals surface area (Å²) in [6.07, 6.45) is 1.38. The average Bonchev–Trinajstić information content (AvgIpc) is 3.07. The number of carbonyl (C=O) groups excluding carboxylic acids is 1. The molecule has 45 heavy (non-hydrogen) atoms. The number of nitrogens with one attached hydrogen (secondary N) is 2. The molecule has 1 aliphatic rings. The predicted octanol–water partition coefficient (Wildman–Crippen LogP) is 7.74. The van der Waals surface area contributed by atoms with E-state index in [1.54, 1.807) is 24.3 Å². The highest BCUT2D eigenvalue weighted by Gasteiger charge is 2.36. The number of nitrogens with zero attached hydrogens (tertiary/aromatic N) is 2. The summed E-state index contributed by atoms with van der Waals surface area (Å²) < 4.78 is 12.9. The molecule has 1 aliphatic carbocycles. The molecule has 6 rings (SSSR count). The molecule has 2 atom stereocenters. The first kappa shape index (κ1) is 29.4. The lowest BCUT2D eigenvalue weighted by Crippen LogP contribution is -2.31. The Morgan fingerprint density at radius 1 is 0.800 bits per heavy atom. The van der Waals surface area contributed by atoms with Gasteiger partial charge >= 0.3 is 5.69 Å². The van der Waals surface area contributed by atoms with Crippen LogP contribution in [0, 0.1) is 10.1 Å². The number of hydrogen-bond donors (Lipinski definition) is 2. The Balaban J connectivity index is 1.25. The number of fused-ring (bicyclic) bond motifs is 1. The molecular formula is C35H27ClN4O5. The van der Waals surface area contributed by atoms with Gasteiger partial charge in [0, 0.05) is 29.4 Å². The van der Waals surface area contributed by atoms with Crippen LogP contribution in [0.25, 0.3) is 0 Å². The van der Waals surface area contributed by atoms with Crippen LogP contribution in [0.3, 0.4) is 0 Å². The van der Waals surface area contributed by atoms with E-state index in [4.69, 9.17) is 21.1 Å². The van der Waals surface area contributed by atoms with E-state index in [9.17, 15) is 14.9 Å². The minimum atomic E-state index is -0.592. The van der Waals surface area contributed by atoms with Gasteiger partial charge in [0.1, 0.15) is 23.4 Å². The number of amides is 1. The first-order chi connectivity index (χ1) is 22.0. The van der Waals surface area contributed by atoms with Gasteiger partial charge in [-0.1, -0.05) is 84.4 Å². The molecule has 10 heteroatoms. The summed E-state index contributed by atoms with van der Waals surface area (Å²) in [5.74, 6) is 0.896. The highest BCUT2D eigenvalue weighted by molar-refractivity contribution is 6.30. The summed E-state index contributed by atoms with van der Waals surface area (Å²) in [5.41, 5.74) is 3.49. The number of anilines is 1. The molecule has 0 radical (unpaired) electrons. The van der Waals surface area contributed by atoms with Gasteiger partial charge in [0.05, 0.1) is 15.7 Å². The fourth-order valence-corrected chi connectivity index (χ4v) is 5.36. The summed E-state index contributed by atoms with van der Waals surface area (Å²) in [6, 6.07) is 35.3. The predicted molar refractivity (Wildman–Crippen MR) is 171 cm³/mol. The van der Waals surface area contributed by atoms with Crippen LogP contribution in [0.15, 0.2) is 138 Å². The highest BCUT2D eigenvalue weighted by atomic mass is 35.5. The van der Waals surface area contributed by atoms with Crippen LogP contribution >= 0.6 is 11.6 Å². The van der Waals surface area contributed by atoms with Crippen molar-refractivity contribution < 1.29 is 19.2 Å². The normalized spacial score (nSPS) is 15.5. The summed E-state index contributed by atoms with van der Waals surface area (Å²) in [5, 5.41) is 17.8. The number of rotatable bonds is 10. The lowest BCUT2D eigenvalue weighted by atomic mass is 9.89. The third-order valence-electron chi connectivity index (χ3n) is 7.25. The van der Waals surface area contributed by atoms with Crippen LogP contribution in [-0.4, -0.2) is 15.8 Å². The molecule has 5 aromatic rings. The molecular weight excluding hydrogens is 592 g/mol. The Hall–Kier alpha value is -5.67. The number of nitro groups is 1. The van der Waals surface area contributed by atoms with Crippen molar-refractivity contribution in [3.05, 3.63) is 171 Å². The number of carbonyl (C=O) groups is 1. The molecule has 224 valence electrons. The molecule has 0 saturated carbocycles. The molecule has 0 fully saturated rings. The lowest BCUT2D eigenvalue weighted by molar-refractivity contribution is -0.384. The van der Waals surface area contributed by atoms with Gasteiger partial charge < -0.3 is 20.1 Å². The van der Waals surface area contributed by atoms with Gasteiger partial charge in [-0.05, 0) is 48.0 Å². The van der Waals surface area contributed by atoms with Gasteiger partial charge in [-0.15, -0.1) is 0 Å². The number of benzene rings is 4. The number of aromatic nitrogens is 1. The maximum absolute atomic E-state index is 12.8. The van der Waals surface area contributed by atoms with E-state index in [0.29, 0.717) is 34.3 Å². The summed E-state index contributed by atoms with van der Waals surface area (Å²) in [4.78, 5) is 27.3. The van der Waals surface area contributed by atoms with E-state index in [0.717, 1.165) is 22.9 Å². The lowest BCUT2D eigenvalue weighted by Gasteiger charge is -2.34. The maximum Gasteiger partial charge on any atom is 0.310 e. The second kappa shape index (κ2) is 13.3. The molecule has 0 aliphatic heterocycles. The molecule has 1 amide bonds. The minimum Gasteiger partial charge on any atom is -0.480 e. The topological polar surface area (TPSA) is 116 Å². The number of hydrogen-bond acceptors (Lipinski definition) is 7. The van der Waals surface area contributed by atoms with E-state index >= 15 is 0 Å². The van der Waals surface area contributed by atoms with E-state index in [2.05, 4.69) is 15.6 Å². The van der Waals surface area contributed by atoms with Crippen molar-refractivity contribution in [3.8, 4) is 11.5 Å². The second-order valence-electron chi connectivity index (χ2n) is 10.2. The Kier molecular flexibility index (Phi) is 8.70. The molecule has 1 aromatic heterocycles. The van der Waals surface area contributed by atoms with Crippen molar-refractivity contribution in [2.45, 2.75) is 18.8 Å². The van der Waals surface area contributed by atoms with Gasteiger partial charge in [-0.3, -0.25) is 19.9 Å². The van der Waals surface area contributed by atoms with E-state index in [-0.39, 0.29) is 11.4 Å². The third-order valence-corrected chi connectivity index (χ3v) is 7.65. The quantitative estimate of drug-likeness (QED) is 0.121. The molecule has 9 nitrogen and oxygen atoms in total. The average molecular weight is 619 g/mol. The van der Waals surface area contributed by atoms with Crippen LogP contribution in [-0.2, 0) is 6.54 Å². The van der Waals surface area contributed by atoms with Crippen molar-refractivity contribution >= 4 is 28.9 Å². The standard InChI is InChI=1S/C35H27ClN4O5/c36-31-32(38-21-23-15-17-24(18-16-23)35(41)39-29-19-20-37-22-30(29)40(42)43)34(45-26-11-5-2-6-12-26)28-14-8-7-13-27(28)33(31)44-25-9-3-1-4-10-25/h1-20,22,33-34,38H,21H2,(H,37,39,41). The monoisotopic (exact) mass is 618 g/mol. The van der Waals surface area contributed by atoms with Gasteiger partial charge in [0.15, 0.2) is 12.2 Å². The molecule has 0 bridgehead atoms. The van der Waals surface area contributed by atoms with Crippen molar-refractivity contribution in [3.63, 3.8) is 0 Å². The Morgan fingerprint density at radius 3 is 2.00 bits per heavy atom. The van der Waals surface area contributed by atoms with Crippen LogP contribution in [0.5, 0.6) is 11.5 Å². The fourth-order valence-electron chi connectivity index (χ4n) is 5.04. The van der Waals surface area contributed by atoms with Crippen molar-refractivity contribution in [1.29, 1.82) is 0 Å². The fraction of sp³-hybridized carbons (Fsp3) is 0.0857. The zero-order valence-corrected chi connectivity index (χ0v) is 24.6. The number of ether oxygens (including phenoxy) is 2.